The van der Waals surface area contributed by atoms with Crippen molar-refractivity contribution in [1.29, 1.82) is 0 Å². The maximum absolute atomic E-state index is 11.7. The normalized spacial score (nSPS) is 15.6. The fraction of sp³-hybridized carbons (Fsp3) is 0.500. The van der Waals surface area contributed by atoms with E-state index in [2.05, 4.69) is 5.32 Å². The van der Waals surface area contributed by atoms with E-state index in [-0.39, 0.29) is 5.91 Å². The zero-order chi connectivity index (χ0) is 13.7. The van der Waals surface area contributed by atoms with Crippen molar-refractivity contribution in [3.8, 4) is 0 Å². The Kier molecular flexibility index (Phi) is 5.05. The van der Waals surface area contributed by atoms with Crippen LogP contribution in [0.4, 0.5) is 11.4 Å². The fourth-order valence-electron chi connectivity index (χ4n) is 2.22. The summed E-state index contributed by atoms with van der Waals surface area (Å²) in [6.45, 7) is 0.472. The van der Waals surface area contributed by atoms with Crippen molar-refractivity contribution < 1.29 is 9.53 Å². The molecule has 0 bridgehead atoms. The Labute approximate surface area is 118 Å². The van der Waals surface area contributed by atoms with Gasteiger partial charge >= 0.3 is 0 Å². The molecule has 1 amide bonds. The number of hydrogen-bond acceptors (Lipinski definition) is 3. The van der Waals surface area contributed by atoms with Gasteiger partial charge in [0, 0.05) is 5.69 Å². The quantitative estimate of drug-likeness (QED) is 0.815. The van der Waals surface area contributed by atoms with Crippen LogP contribution in [0.1, 0.15) is 32.1 Å². The molecule has 0 radical (unpaired) electrons. The van der Waals surface area contributed by atoms with E-state index in [0.717, 1.165) is 12.8 Å². The van der Waals surface area contributed by atoms with Gasteiger partial charge in [0.1, 0.15) is 0 Å². The molecule has 0 heterocycles. The van der Waals surface area contributed by atoms with E-state index < -0.39 is 0 Å². The molecule has 0 aromatic heterocycles. The zero-order valence-electron chi connectivity index (χ0n) is 10.8. The Morgan fingerprint density at radius 3 is 2.84 bits per heavy atom. The summed E-state index contributed by atoms with van der Waals surface area (Å²) in [5, 5.41) is 3.27. The molecule has 2 rings (SSSR count). The minimum absolute atomic E-state index is 0.0697. The molecule has 19 heavy (non-hydrogen) atoms. The van der Waals surface area contributed by atoms with Crippen LogP contribution in [0.25, 0.3) is 0 Å². The van der Waals surface area contributed by atoms with Gasteiger partial charge in [-0.3, -0.25) is 4.79 Å². The van der Waals surface area contributed by atoms with Crippen LogP contribution in [-0.2, 0) is 9.53 Å². The molecule has 5 heteroatoms. The molecule has 0 unspecified atom stereocenters. The van der Waals surface area contributed by atoms with Crippen LogP contribution in [0, 0.1) is 0 Å². The number of amides is 1. The molecule has 0 saturated heterocycles. The van der Waals surface area contributed by atoms with Crippen LogP contribution in [0.15, 0.2) is 18.2 Å². The van der Waals surface area contributed by atoms with Gasteiger partial charge < -0.3 is 15.8 Å². The van der Waals surface area contributed by atoms with Gasteiger partial charge in [0.15, 0.2) is 0 Å². The summed E-state index contributed by atoms with van der Waals surface area (Å²) < 4.78 is 5.65. The maximum Gasteiger partial charge on any atom is 0.226 e. The maximum atomic E-state index is 11.7. The van der Waals surface area contributed by atoms with Gasteiger partial charge in [-0.1, -0.05) is 24.4 Å². The lowest BCUT2D eigenvalue weighted by Gasteiger charge is -2.11. The molecule has 104 valence electrons. The van der Waals surface area contributed by atoms with E-state index in [1.54, 1.807) is 18.2 Å². The summed E-state index contributed by atoms with van der Waals surface area (Å²) in [6, 6.07) is 5.05. The number of nitrogen functional groups attached to an aromatic ring is 1. The number of hydrogen-bond donors (Lipinski definition) is 2. The molecule has 0 spiro atoms. The summed E-state index contributed by atoms with van der Waals surface area (Å²) in [5.74, 6) is -0.0697. The topological polar surface area (TPSA) is 64.3 Å². The summed E-state index contributed by atoms with van der Waals surface area (Å²) in [4.78, 5) is 11.7. The zero-order valence-corrected chi connectivity index (χ0v) is 11.6. The van der Waals surface area contributed by atoms with Gasteiger partial charge in [0.05, 0.1) is 29.8 Å². The molecule has 1 aliphatic rings. The number of anilines is 2. The van der Waals surface area contributed by atoms with E-state index >= 15 is 0 Å². The Hall–Kier alpha value is -1.26. The molecule has 0 aliphatic heterocycles. The van der Waals surface area contributed by atoms with Crippen molar-refractivity contribution >= 4 is 28.9 Å². The number of nitrogens with one attached hydrogen (secondary N) is 1. The molecule has 4 nitrogen and oxygen atoms in total. The summed E-state index contributed by atoms with van der Waals surface area (Å²) in [6.07, 6.45) is 5.42. The molecular weight excluding hydrogens is 264 g/mol. The van der Waals surface area contributed by atoms with Gasteiger partial charge in [-0.05, 0) is 31.0 Å². The summed E-state index contributed by atoms with van der Waals surface area (Å²) in [7, 11) is 0. The molecule has 1 saturated carbocycles. The van der Waals surface area contributed by atoms with Crippen molar-refractivity contribution in [3.05, 3.63) is 23.2 Å². The number of ether oxygens (including phenoxy) is 1. The van der Waals surface area contributed by atoms with Gasteiger partial charge in [-0.15, -0.1) is 0 Å². The van der Waals surface area contributed by atoms with Gasteiger partial charge in [0.25, 0.3) is 0 Å². The van der Waals surface area contributed by atoms with Crippen LogP contribution >= 0.6 is 11.6 Å². The predicted octanol–water partition coefficient (Wildman–Crippen LogP) is 3.21. The highest BCUT2D eigenvalue weighted by molar-refractivity contribution is 6.33. The van der Waals surface area contributed by atoms with E-state index in [0.29, 0.717) is 35.5 Å². The average Bonchev–Trinajstić information content (AvgIpc) is 2.87. The molecule has 1 aliphatic carbocycles. The molecular formula is C14H19ClN2O2. The SMILES string of the molecule is Nc1cc(NC(=O)CCOC2CCCC2)ccc1Cl. The number of nitrogens with two attached hydrogens (primary N) is 1. The van der Waals surface area contributed by atoms with Crippen molar-refractivity contribution in [2.45, 2.75) is 38.2 Å². The lowest BCUT2D eigenvalue weighted by atomic mass is 10.2. The van der Waals surface area contributed by atoms with Crippen LogP contribution in [0.2, 0.25) is 5.02 Å². The van der Waals surface area contributed by atoms with Crippen molar-refractivity contribution in [1.82, 2.24) is 0 Å². The Morgan fingerprint density at radius 1 is 1.42 bits per heavy atom. The molecule has 1 fully saturated rings. The van der Waals surface area contributed by atoms with E-state index in [1.165, 1.54) is 12.8 Å². The number of halogens is 1. The number of rotatable bonds is 5. The third-order valence-corrected chi connectivity index (χ3v) is 3.61. The standard InChI is InChI=1S/C14H19ClN2O2/c15-12-6-5-10(9-13(12)16)17-14(18)7-8-19-11-3-1-2-4-11/h5-6,9,11H,1-4,7-8,16H2,(H,17,18). The second kappa shape index (κ2) is 6.78. The third kappa shape index (κ3) is 4.40. The van der Waals surface area contributed by atoms with Gasteiger partial charge in [-0.2, -0.15) is 0 Å². The third-order valence-electron chi connectivity index (χ3n) is 3.26. The minimum Gasteiger partial charge on any atom is -0.397 e. The first-order valence-corrected chi connectivity index (χ1v) is 6.99. The monoisotopic (exact) mass is 282 g/mol. The minimum atomic E-state index is -0.0697. The number of carbonyl (C=O) groups is 1. The summed E-state index contributed by atoms with van der Waals surface area (Å²) >= 11 is 5.82. The van der Waals surface area contributed by atoms with E-state index in [4.69, 9.17) is 22.1 Å². The van der Waals surface area contributed by atoms with Gasteiger partial charge in [-0.25, -0.2) is 0 Å². The Morgan fingerprint density at radius 2 is 2.16 bits per heavy atom. The largest absolute Gasteiger partial charge is 0.397 e. The molecule has 0 atom stereocenters. The van der Waals surface area contributed by atoms with Gasteiger partial charge in [0.2, 0.25) is 5.91 Å². The highest BCUT2D eigenvalue weighted by atomic mass is 35.5. The van der Waals surface area contributed by atoms with Crippen LogP contribution in [0.5, 0.6) is 0 Å². The predicted molar refractivity (Wildman–Crippen MR) is 77.3 cm³/mol. The van der Waals surface area contributed by atoms with Crippen LogP contribution in [-0.4, -0.2) is 18.6 Å². The van der Waals surface area contributed by atoms with Crippen molar-refractivity contribution in [2.75, 3.05) is 17.7 Å². The van der Waals surface area contributed by atoms with E-state index in [9.17, 15) is 4.79 Å². The summed E-state index contributed by atoms with van der Waals surface area (Å²) in [5.41, 5.74) is 6.79. The first-order valence-electron chi connectivity index (χ1n) is 6.61. The second-order valence-corrected chi connectivity index (χ2v) is 5.22. The van der Waals surface area contributed by atoms with E-state index in [1.807, 2.05) is 0 Å². The molecule has 1 aromatic carbocycles. The number of carbonyl (C=O) groups excluding carboxylic acids is 1. The van der Waals surface area contributed by atoms with Crippen LogP contribution < -0.4 is 11.1 Å². The lowest BCUT2D eigenvalue weighted by molar-refractivity contribution is -0.117. The highest BCUT2D eigenvalue weighted by Crippen LogP contribution is 2.23. The first kappa shape index (κ1) is 14.2. The van der Waals surface area contributed by atoms with Crippen LogP contribution in [0.3, 0.4) is 0 Å². The number of benzene rings is 1. The van der Waals surface area contributed by atoms with Crippen molar-refractivity contribution in [3.63, 3.8) is 0 Å². The second-order valence-electron chi connectivity index (χ2n) is 4.81. The van der Waals surface area contributed by atoms with Crippen molar-refractivity contribution in [2.24, 2.45) is 0 Å². The molecule has 3 N–H and O–H groups in total. The Balaban J connectivity index is 1.72. The first-order chi connectivity index (χ1) is 9.15. The Bertz CT molecular complexity index is 445. The smallest absolute Gasteiger partial charge is 0.226 e. The average molecular weight is 283 g/mol. The lowest BCUT2D eigenvalue weighted by Crippen LogP contribution is -2.17. The highest BCUT2D eigenvalue weighted by Gasteiger charge is 2.15. The molecule has 1 aromatic rings. The fourth-order valence-corrected chi connectivity index (χ4v) is 2.34.